The lowest BCUT2D eigenvalue weighted by molar-refractivity contribution is 0.102. The van der Waals surface area contributed by atoms with E-state index in [1.807, 2.05) is 0 Å². The Balaban J connectivity index is 1.74. The number of rotatable bonds is 4. The third-order valence-electron chi connectivity index (χ3n) is 4.33. The number of carbonyl (C=O) groups is 1. The molecule has 2 aromatic carbocycles. The molecule has 3 rings (SSSR count). The minimum Gasteiger partial charge on any atom is -0.322 e. The van der Waals surface area contributed by atoms with Crippen molar-refractivity contribution in [3.63, 3.8) is 0 Å². The van der Waals surface area contributed by atoms with Crippen LogP contribution in [0.15, 0.2) is 35.2 Å². The van der Waals surface area contributed by atoms with Gasteiger partial charge in [-0.2, -0.15) is 0 Å². The van der Waals surface area contributed by atoms with Crippen LogP contribution in [0, 0.1) is 17.5 Å². The summed E-state index contributed by atoms with van der Waals surface area (Å²) >= 11 is 14.0. The fourth-order valence-corrected chi connectivity index (χ4v) is 4.63. The molecule has 27 heavy (non-hydrogen) atoms. The maximum absolute atomic E-state index is 13.3. The van der Waals surface area contributed by atoms with Crippen molar-refractivity contribution in [3.05, 3.63) is 58.4 Å². The molecule has 0 radical (unpaired) electrons. The predicted octanol–water partition coefficient (Wildman–Crippen LogP) is 6.65. The first kappa shape index (κ1) is 20.4. The molecule has 0 atom stereocenters. The molecule has 1 fully saturated rings. The lowest BCUT2D eigenvalue weighted by Crippen LogP contribution is -2.16. The highest BCUT2D eigenvalue weighted by atomic mass is 35.5. The Morgan fingerprint density at radius 2 is 1.67 bits per heavy atom. The van der Waals surface area contributed by atoms with Gasteiger partial charge in [0.1, 0.15) is 0 Å². The molecule has 1 saturated carbocycles. The van der Waals surface area contributed by atoms with Gasteiger partial charge in [0.05, 0.1) is 5.02 Å². The van der Waals surface area contributed by atoms with Crippen LogP contribution in [-0.4, -0.2) is 16.5 Å². The number of amides is 1. The average molecular weight is 434 g/mol. The van der Waals surface area contributed by atoms with E-state index in [0.717, 1.165) is 42.7 Å². The lowest BCUT2D eigenvalue weighted by Gasteiger charge is -2.24. The monoisotopic (exact) mass is 433 g/mol. The Labute approximate surface area is 169 Å². The van der Waals surface area contributed by atoms with Gasteiger partial charge < -0.3 is 5.32 Å². The number of halogens is 5. The first-order valence-electron chi connectivity index (χ1n) is 8.39. The van der Waals surface area contributed by atoms with Gasteiger partial charge in [-0.1, -0.05) is 11.6 Å². The first-order valence-corrected chi connectivity index (χ1v) is 10.1. The van der Waals surface area contributed by atoms with Crippen molar-refractivity contribution in [2.75, 3.05) is 5.32 Å². The summed E-state index contributed by atoms with van der Waals surface area (Å²) in [7, 11) is 0. The SMILES string of the molecule is O=C(Nc1cc(F)c(F)c(F)c1)c1ccc(Cl)c(SC2CCC(Cl)CC2)c1. The molecule has 1 N–H and O–H groups in total. The lowest BCUT2D eigenvalue weighted by atomic mass is 10.00. The van der Waals surface area contributed by atoms with Crippen LogP contribution in [0.25, 0.3) is 0 Å². The zero-order valence-electron chi connectivity index (χ0n) is 14.1. The highest BCUT2D eigenvalue weighted by Gasteiger charge is 2.22. The Hall–Kier alpha value is -1.37. The van der Waals surface area contributed by atoms with E-state index in [-0.39, 0.29) is 16.6 Å². The molecule has 1 aliphatic rings. The maximum Gasteiger partial charge on any atom is 0.255 e. The number of thioether (sulfide) groups is 1. The third kappa shape index (κ3) is 5.12. The minimum absolute atomic E-state index is 0.166. The third-order valence-corrected chi connectivity index (χ3v) is 6.61. The average Bonchev–Trinajstić information content (AvgIpc) is 2.63. The van der Waals surface area contributed by atoms with Crippen LogP contribution in [0.4, 0.5) is 18.9 Å². The summed E-state index contributed by atoms with van der Waals surface area (Å²) in [5.74, 6) is -4.88. The second-order valence-corrected chi connectivity index (χ2v) is 8.71. The molecule has 2 aromatic rings. The predicted molar refractivity (Wildman–Crippen MR) is 103 cm³/mol. The van der Waals surface area contributed by atoms with Gasteiger partial charge in [0.2, 0.25) is 0 Å². The van der Waals surface area contributed by atoms with Crippen molar-refractivity contribution in [1.82, 2.24) is 0 Å². The number of nitrogens with one attached hydrogen (secondary N) is 1. The number of benzene rings is 2. The van der Waals surface area contributed by atoms with Crippen molar-refractivity contribution in [1.29, 1.82) is 0 Å². The highest BCUT2D eigenvalue weighted by Crippen LogP contribution is 2.38. The molecule has 0 heterocycles. The van der Waals surface area contributed by atoms with E-state index in [9.17, 15) is 18.0 Å². The Kier molecular flexibility index (Phi) is 6.61. The van der Waals surface area contributed by atoms with Crippen molar-refractivity contribution in [2.45, 2.75) is 41.2 Å². The van der Waals surface area contributed by atoms with Gasteiger partial charge in [-0.25, -0.2) is 13.2 Å². The van der Waals surface area contributed by atoms with Crippen molar-refractivity contribution in [3.8, 4) is 0 Å². The van der Waals surface area contributed by atoms with Gasteiger partial charge in [0.25, 0.3) is 5.91 Å². The molecule has 144 valence electrons. The van der Waals surface area contributed by atoms with Crippen LogP contribution in [0.1, 0.15) is 36.0 Å². The summed E-state index contributed by atoms with van der Waals surface area (Å²) in [6.07, 6.45) is 3.83. The van der Waals surface area contributed by atoms with Crippen LogP contribution < -0.4 is 5.32 Å². The summed E-state index contributed by atoms with van der Waals surface area (Å²) in [5.41, 5.74) is 0.124. The zero-order valence-corrected chi connectivity index (χ0v) is 16.4. The molecule has 0 bridgehead atoms. The summed E-state index contributed by atoms with van der Waals surface area (Å²) in [6, 6.07) is 6.23. The van der Waals surface area contributed by atoms with Crippen LogP contribution >= 0.6 is 35.0 Å². The van der Waals surface area contributed by atoms with E-state index >= 15 is 0 Å². The van der Waals surface area contributed by atoms with E-state index in [1.165, 1.54) is 6.07 Å². The van der Waals surface area contributed by atoms with Gasteiger partial charge in [-0.05, 0) is 43.9 Å². The number of alkyl halides is 1. The summed E-state index contributed by atoms with van der Waals surface area (Å²) in [4.78, 5) is 13.2. The molecule has 2 nitrogen and oxygen atoms in total. The number of hydrogen-bond donors (Lipinski definition) is 1. The van der Waals surface area contributed by atoms with Gasteiger partial charge in [0, 0.05) is 38.9 Å². The molecule has 8 heteroatoms. The van der Waals surface area contributed by atoms with Crippen LogP contribution in [-0.2, 0) is 0 Å². The Bertz CT molecular complexity index is 834. The Morgan fingerprint density at radius 3 is 2.30 bits per heavy atom. The van der Waals surface area contributed by atoms with Gasteiger partial charge >= 0.3 is 0 Å². The minimum atomic E-state index is -1.58. The molecule has 0 aliphatic heterocycles. The van der Waals surface area contributed by atoms with E-state index in [4.69, 9.17) is 23.2 Å². The number of carbonyl (C=O) groups excluding carboxylic acids is 1. The largest absolute Gasteiger partial charge is 0.322 e. The fourth-order valence-electron chi connectivity index (χ4n) is 2.89. The summed E-state index contributed by atoms with van der Waals surface area (Å²) in [5, 5.41) is 3.48. The molecular formula is C19H16Cl2F3NOS. The van der Waals surface area contributed by atoms with Crippen LogP contribution in [0.3, 0.4) is 0 Å². The number of anilines is 1. The summed E-state index contributed by atoms with van der Waals surface area (Å²) in [6.45, 7) is 0. The first-order chi connectivity index (χ1) is 12.8. The van der Waals surface area contributed by atoms with Gasteiger partial charge in [0.15, 0.2) is 17.5 Å². The van der Waals surface area contributed by atoms with Crippen molar-refractivity contribution < 1.29 is 18.0 Å². The van der Waals surface area contributed by atoms with E-state index in [1.54, 1.807) is 23.9 Å². The second-order valence-electron chi connectivity index (χ2n) is 6.35. The molecule has 0 aromatic heterocycles. The van der Waals surface area contributed by atoms with Crippen LogP contribution in [0.5, 0.6) is 0 Å². The molecular weight excluding hydrogens is 418 g/mol. The quantitative estimate of drug-likeness (QED) is 0.431. The standard InChI is InChI=1S/C19H16Cl2F3NOS/c20-11-2-4-13(5-3-11)27-17-7-10(1-6-14(17)21)19(26)25-12-8-15(22)18(24)16(23)9-12/h1,6-9,11,13H,2-5H2,(H,25,26). The zero-order chi connectivity index (χ0) is 19.6. The molecule has 0 saturated heterocycles. The highest BCUT2D eigenvalue weighted by molar-refractivity contribution is 8.00. The van der Waals surface area contributed by atoms with E-state index in [0.29, 0.717) is 10.3 Å². The topological polar surface area (TPSA) is 29.1 Å². The van der Waals surface area contributed by atoms with Crippen molar-refractivity contribution in [2.24, 2.45) is 0 Å². The maximum atomic E-state index is 13.3. The molecule has 0 unspecified atom stereocenters. The Morgan fingerprint density at radius 1 is 1.04 bits per heavy atom. The fraction of sp³-hybridized carbons (Fsp3) is 0.316. The van der Waals surface area contributed by atoms with E-state index in [2.05, 4.69) is 5.32 Å². The molecule has 1 aliphatic carbocycles. The van der Waals surface area contributed by atoms with Gasteiger partial charge in [-0.3, -0.25) is 4.79 Å². The normalized spacial score (nSPS) is 19.7. The smallest absolute Gasteiger partial charge is 0.255 e. The molecule has 0 spiro atoms. The number of hydrogen-bond acceptors (Lipinski definition) is 2. The van der Waals surface area contributed by atoms with Gasteiger partial charge in [-0.15, -0.1) is 23.4 Å². The van der Waals surface area contributed by atoms with E-state index < -0.39 is 23.4 Å². The van der Waals surface area contributed by atoms with Crippen LogP contribution in [0.2, 0.25) is 5.02 Å². The molecule has 1 amide bonds. The summed E-state index contributed by atoms with van der Waals surface area (Å²) < 4.78 is 39.6. The van der Waals surface area contributed by atoms with Crippen molar-refractivity contribution >= 4 is 46.6 Å². The second kappa shape index (κ2) is 8.76.